The summed E-state index contributed by atoms with van der Waals surface area (Å²) < 4.78 is 6.81. The number of carbonyl (C=O) groups excluding carboxylic acids is 2. The third-order valence-electron chi connectivity index (χ3n) is 4.71. The molecule has 1 saturated heterocycles. The molecule has 0 spiro atoms. The number of hydrogen-bond acceptors (Lipinski definition) is 5. The summed E-state index contributed by atoms with van der Waals surface area (Å²) in [6.45, 7) is 3.76. The van der Waals surface area contributed by atoms with E-state index in [9.17, 15) is 9.59 Å². The summed E-state index contributed by atoms with van der Waals surface area (Å²) in [6, 6.07) is 10.5. The predicted molar refractivity (Wildman–Crippen MR) is 93.4 cm³/mol. The molecule has 1 aliphatic rings. The second kappa shape index (κ2) is 6.62. The minimum atomic E-state index is -0.449. The molecule has 8 nitrogen and oxygen atoms in total. The lowest BCUT2D eigenvalue weighted by Gasteiger charge is -2.35. The van der Waals surface area contributed by atoms with E-state index in [0.29, 0.717) is 31.9 Å². The first-order valence-corrected chi connectivity index (χ1v) is 8.56. The molecule has 3 heterocycles. The van der Waals surface area contributed by atoms with Crippen molar-refractivity contribution in [2.24, 2.45) is 0 Å². The van der Waals surface area contributed by atoms with Gasteiger partial charge in [-0.3, -0.25) is 9.59 Å². The minimum Gasteiger partial charge on any atom is -0.459 e. The van der Waals surface area contributed by atoms with Gasteiger partial charge < -0.3 is 14.2 Å². The van der Waals surface area contributed by atoms with E-state index in [1.54, 1.807) is 26.6 Å². The average Bonchev–Trinajstić information content (AvgIpc) is 3.36. The van der Waals surface area contributed by atoms with Gasteiger partial charge in [0.1, 0.15) is 11.6 Å². The molecule has 1 atom stereocenters. The van der Waals surface area contributed by atoms with Crippen molar-refractivity contribution in [3.05, 3.63) is 48.4 Å². The normalized spacial score (nSPS) is 16.0. The van der Waals surface area contributed by atoms with Crippen LogP contribution >= 0.6 is 0 Å². The van der Waals surface area contributed by atoms with E-state index in [1.165, 1.54) is 6.26 Å². The van der Waals surface area contributed by atoms with Gasteiger partial charge in [0.25, 0.3) is 5.91 Å². The highest BCUT2D eigenvalue weighted by molar-refractivity contribution is 5.91. The highest BCUT2D eigenvalue weighted by atomic mass is 16.3. The van der Waals surface area contributed by atoms with E-state index in [-0.39, 0.29) is 11.8 Å². The van der Waals surface area contributed by atoms with Crippen LogP contribution in [0, 0.1) is 0 Å². The lowest BCUT2D eigenvalue weighted by Crippen LogP contribution is -2.51. The molecule has 2 amide bonds. The van der Waals surface area contributed by atoms with Crippen molar-refractivity contribution in [2.75, 3.05) is 26.2 Å². The molecule has 0 radical (unpaired) electrons. The van der Waals surface area contributed by atoms with E-state index in [0.717, 1.165) is 11.0 Å². The molecule has 8 heteroatoms. The van der Waals surface area contributed by atoms with Gasteiger partial charge in [-0.05, 0) is 31.2 Å². The number of piperazine rings is 1. The van der Waals surface area contributed by atoms with Gasteiger partial charge in [-0.15, -0.1) is 5.10 Å². The Kier molecular flexibility index (Phi) is 4.16. The Morgan fingerprint density at radius 3 is 2.50 bits per heavy atom. The first-order valence-electron chi connectivity index (χ1n) is 8.56. The summed E-state index contributed by atoms with van der Waals surface area (Å²) in [5, 5.41) is 8.24. The third-order valence-corrected chi connectivity index (χ3v) is 4.71. The fourth-order valence-electron chi connectivity index (χ4n) is 3.23. The van der Waals surface area contributed by atoms with Crippen LogP contribution in [0.5, 0.6) is 0 Å². The maximum atomic E-state index is 12.9. The van der Waals surface area contributed by atoms with Crippen LogP contribution < -0.4 is 0 Å². The molecule has 1 aromatic carbocycles. The summed E-state index contributed by atoms with van der Waals surface area (Å²) in [7, 11) is 0. The standard InChI is InChI=1S/C18H19N5O3/c1-13(23-15-6-3-2-5-14(15)19-20-23)17(24)21-8-10-22(11-9-21)18(25)16-7-4-12-26-16/h2-7,12-13H,8-11H2,1H3. The Labute approximate surface area is 150 Å². The van der Waals surface area contributed by atoms with Crippen molar-refractivity contribution >= 4 is 22.8 Å². The number of rotatable bonds is 3. The number of para-hydroxylation sites is 1. The molecule has 1 unspecified atom stereocenters. The molecule has 0 saturated carbocycles. The topological polar surface area (TPSA) is 84.5 Å². The summed E-state index contributed by atoms with van der Waals surface area (Å²) in [5.41, 5.74) is 1.60. The second-order valence-corrected chi connectivity index (χ2v) is 6.29. The van der Waals surface area contributed by atoms with Gasteiger partial charge in [0.15, 0.2) is 5.76 Å². The van der Waals surface area contributed by atoms with Crippen LogP contribution in [0.25, 0.3) is 11.0 Å². The molecular formula is C18H19N5O3. The van der Waals surface area contributed by atoms with Crippen LogP contribution in [0.3, 0.4) is 0 Å². The molecule has 134 valence electrons. The van der Waals surface area contributed by atoms with Crippen LogP contribution in [0.2, 0.25) is 0 Å². The smallest absolute Gasteiger partial charge is 0.289 e. The van der Waals surface area contributed by atoms with Crippen LogP contribution in [-0.4, -0.2) is 62.8 Å². The largest absolute Gasteiger partial charge is 0.459 e. The lowest BCUT2D eigenvalue weighted by molar-refractivity contribution is -0.136. The van der Waals surface area contributed by atoms with Crippen LogP contribution in [0.15, 0.2) is 47.1 Å². The number of aromatic nitrogens is 3. The summed E-state index contributed by atoms with van der Waals surface area (Å²) in [4.78, 5) is 28.6. The SMILES string of the molecule is CC(C(=O)N1CCN(C(=O)c2ccco2)CC1)n1nnc2ccccc21. The van der Waals surface area contributed by atoms with Gasteiger partial charge >= 0.3 is 0 Å². The van der Waals surface area contributed by atoms with E-state index in [2.05, 4.69) is 10.3 Å². The van der Waals surface area contributed by atoms with Gasteiger partial charge in [-0.2, -0.15) is 0 Å². The quantitative estimate of drug-likeness (QED) is 0.714. The fourth-order valence-corrected chi connectivity index (χ4v) is 3.23. The fraction of sp³-hybridized carbons (Fsp3) is 0.333. The molecule has 0 N–H and O–H groups in total. The Balaban J connectivity index is 1.42. The molecule has 1 aliphatic heterocycles. The number of nitrogens with zero attached hydrogens (tertiary/aromatic N) is 5. The number of fused-ring (bicyclic) bond motifs is 1. The monoisotopic (exact) mass is 353 g/mol. The van der Waals surface area contributed by atoms with Crippen LogP contribution in [-0.2, 0) is 4.79 Å². The van der Waals surface area contributed by atoms with Gasteiger partial charge in [-0.25, -0.2) is 4.68 Å². The van der Waals surface area contributed by atoms with Crippen molar-refractivity contribution < 1.29 is 14.0 Å². The summed E-state index contributed by atoms with van der Waals surface area (Å²) in [5.74, 6) is 0.162. The van der Waals surface area contributed by atoms with Gasteiger partial charge in [0, 0.05) is 26.2 Å². The zero-order valence-corrected chi connectivity index (χ0v) is 14.4. The van der Waals surface area contributed by atoms with Gasteiger partial charge in [-0.1, -0.05) is 17.3 Å². The highest BCUT2D eigenvalue weighted by Gasteiger charge is 2.29. The predicted octanol–water partition coefficient (Wildman–Crippen LogP) is 1.57. The van der Waals surface area contributed by atoms with Crippen molar-refractivity contribution in [1.29, 1.82) is 0 Å². The maximum Gasteiger partial charge on any atom is 0.289 e. The first kappa shape index (κ1) is 16.3. The first-order chi connectivity index (χ1) is 12.6. The molecule has 1 fully saturated rings. The van der Waals surface area contributed by atoms with E-state index < -0.39 is 6.04 Å². The Morgan fingerprint density at radius 1 is 1.04 bits per heavy atom. The van der Waals surface area contributed by atoms with E-state index in [1.807, 2.05) is 31.2 Å². The van der Waals surface area contributed by atoms with Crippen LogP contribution in [0.4, 0.5) is 0 Å². The van der Waals surface area contributed by atoms with Crippen molar-refractivity contribution in [3.8, 4) is 0 Å². The summed E-state index contributed by atoms with van der Waals surface area (Å²) in [6.07, 6.45) is 1.48. The van der Waals surface area contributed by atoms with Gasteiger partial charge in [0.05, 0.1) is 11.8 Å². The second-order valence-electron chi connectivity index (χ2n) is 6.29. The van der Waals surface area contributed by atoms with Gasteiger partial charge in [0.2, 0.25) is 5.91 Å². The zero-order valence-electron chi connectivity index (χ0n) is 14.4. The highest BCUT2D eigenvalue weighted by Crippen LogP contribution is 2.18. The minimum absolute atomic E-state index is 0.0225. The number of furan rings is 1. The van der Waals surface area contributed by atoms with E-state index in [4.69, 9.17) is 4.42 Å². The summed E-state index contributed by atoms with van der Waals surface area (Å²) >= 11 is 0. The molecular weight excluding hydrogens is 334 g/mol. The average molecular weight is 353 g/mol. The number of carbonyl (C=O) groups is 2. The number of hydrogen-bond donors (Lipinski definition) is 0. The lowest BCUT2D eigenvalue weighted by atomic mass is 10.2. The Hall–Kier alpha value is -3.16. The number of benzene rings is 1. The zero-order chi connectivity index (χ0) is 18.1. The molecule has 26 heavy (non-hydrogen) atoms. The molecule has 4 rings (SSSR count). The molecule has 0 aliphatic carbocycles. The Morgan fingerprint density at radius 2 is 1.77 bits per heavy atom. The Bertz CT molecular complexity index is 925. The molecule has 3 aromatic rings. The molecule has 0 bridgehead atoms. The van der Waals surface area contributed by atoms with Crippen molar-refractivity contribution in [3.63, 3.8) is 0 Å². The van der Waals surface area contributed by atoms with Crippen LogP contribution in [0.1, 0.15) is 23.5 Å². The van der Waals surface area contributed by atoms with Crippen molar-refractivity contribution in [1.82, 2.24) is 24.8 Å². The van der Waals surface area contributed by atoms with E-state index >= 15 is 0 Å². The molecule has 2 aromatic heterocycles. The third kappa shape index (κ3) is 2.83. The maximum absolute atomic E-state index is 12.9. The number of amides is 2. The van der Waals surface area contributed by atoms with Crippen molar-refractivity contribution in [2.45, 2.75) is 13.0 Å².